The average Bonchev–Trinajstić information content (AvgIpc) is 2.92. The van der Waals surface area contributed by atoms with Crippen LogP contribution in [0.3, 0.4) is 0 Å². The van der Waals surface area contributed by atoms with E-state index in [4.69, 9.17) is 21.6 Å². The fourth-order valence-electron chi connectivity index (χ4n) is 4.71. The number of nitrogens with zero attached hydrogens (tertiary/aromatic N) is 2. The van der Waals surface area contributed by atoms with Crippen LogP contribution in [0.1, 0.15) is 25.7 Å². The SMILES string of the molecule is O=S(=O)(NC[C@H]1CC[C@H](CNc2nc(Nc3ccccc3)c3ccccc3n2)CC1)c1ccc(Cl)cc1. The first kappa shape index (κ1) is 25.4. The van der Waals surface area contributed by atoms with Crippen LogP contribution in [0.5, 0.6) is 0 Å². The highest BCUT2D eigenvalue weighted by molar-refractivity contribution is 7.89. The van der Waals surface area contributed by atoms with Crippen molar-refractivity contribution in [3.05, 3.63) is 83.9 Å². The standard InChI is InChI=1S/C28H30ClN5O2S/c29-22-14-16-24(17-15-22)37(35,36)31-19-21-12-10-20(11-13-21)18-30-28-33-26-9-5-4-8-25(26)27(34-28)32-23-6-2-1-3-7-23/h1-9,14-17,20-21,31H,10-13,18-19H2,(H2,30,32,33,34)/t20-,21-. The largest absolute Gasteiger partial charge is 0.354 e. The number of nitrogens with one attached hydrogen (secondary N) is 3. The van der Waals surface area contributed by atoms with Gasteiger partial charge in [0.2, 0.25) is 16.0 Å². The Morgan fingerprint density at radius 1 is 0.784 bits per heavy atom. The molecule has 0 atom stereocenters. The first-order chi connectivity index (χ1) is 18.0. The number of aromatic nitrogens is 2. The third-order valence-corrected chi connectivity index (χ3v) is 8.53. The van der Waals surface area contributed by atoms with E-state index in [2.05, 4.69) is 15.4 Å². The maximum atomic E-state index is 12.6. The van der Waals surface area contributed by atoms with Crippen LogP contribution >= 0.6 is 11.6 Å². The second kappa shape index (κ2) is 11.5. The minimum atomic E-state index is -3.52. The molecule has 192 valence electrons. The molecular formula is C28H30ClN5O2S. The molecular weight excluding hydrogens is 506 g/mol. The second-order valence-electron chi connectivity index (χ2n) is 9.48. The summed E-state index contributed by atoms with van der Waals surface area (Å²) in [5.74, 6) is 2.20. The van der Waals surface area contributed by atoms with Gasteiger partial charge in [-0.3, -0.25) is 0 Å². The Balaban J connectivity index is 1.15. The Morgan fingerprint density at radius 2 is 1.43 bits per heavy atom. The van der Waals surface area contributed by atoms with Gasteiger partial charge in [0.25, 0.3) is 0 Å². The summed E-state index contributed by atoms with van der Waals surface area (Å²) in [6.45, 7) is 1.24. The Morgan fingerprint density at radius 3 is 2.16 bits per heavy atom. The minimum absolute atomic E-state index is 0.242. The van der Waals surface area contributed by atoms with Gasteiger partial charge >= 0.3 is 0 Å². The van der Waals surface area contributed by atoms with Crippen molar-refractivity contribution >= 4 is 50.0 Å². The van der Waals surface area contributed by atoms with E-state index in [1.807, 2.05) is 54.6 Å². The molecule has 0 radical (unpaired) electrons. The number of halogens is 1. The predicted molar refractivity (Wildman–Crippen MR) is 150 cm³/mol. The third kappa shape index (κ3) is 6.57. The van der Waals surface area contributed by atoms with Crippen molar-refractivity contribution in [3.8, 4) is 0 Å². The van der Waals surface area contributed by atoms with Crippen LogP contribution < -0.4 is 15.4 Å². The smallest absolute Gasteiger partial charge is 0.240 e. The van der Waals surface area contributed by atoms with Crippen LogP contribution in [-0.4, -0.2) is 31.5 Å². The fraction of sp³-hybridized carbons (Fsp3) is 0.286. The van der Waals surface area contributed by atoms with Crippen LogP contribution in [0.25, 0.3) is 10.9 Å². The molecule has 5 rings (SSSR count). The topological polar surface area (TPSA) is 96.0 Å². The molecule has 1 saturated carbocycles. The molecule has 1 aliphatic carbocycles. The number of sulfonamides is 1. The minimum Gasteiger partial charge on any atom is -0.354 e. The molecule has 0 bridgehead atoms. The van der Waals surface area contributed by atoms with Gasteiger partial charge in [-0.05, 0) is 86.1 Å². The Labute approximate surface area is 222 Å². The third-order valence-electron chi connectivity index (χ3n) is 6.84. The van der Waals surface area contributed by atoms with Crippen LogP contribution in [0.2, 0.25) is 5.02 Å². The van der Waals surface area contributed by atoms with Crippen molar-refractivity contribution < 1.29 is 8.42 Å². The summed E-state index contributed by atoms with van der Waals surface area (Å²) in [6.07, 6.45) is 4.02. The molecule has 1 aromatic heterocycles. The molecule has 1 fully saturated rings. The molecule has 9 heteroatoms. The molecule has 7 nitrogen and oxygen atoms in total. The molecule has 3 aromatic carbocycles. The zero-order valence-corrected chi connectivity index (χ0v) is 22.0. The second-order valence-corrected chi connectivity index (χ2v) is 11.7. The number of fused-ring (bicyclic) bond motifs is 1. The van der Waals surface area contributed by atoms with Crippen molar-refractivity contribution in [1.29, 1.82) is 0 Å². The van der Waals surface area contributed by atoms with Gasteiger partial charge in [-0.25, -0.2) is 18.1 Å². The monoisotopic (exact) mass is 535 g/mol. The van der Waals surface area contributed by atoms with Gasteiger partial charge in [-0.2, -0.15) is 4.98 Å². The Bertz CT molecular complexity index is 1440. The van der Waals surface area contributed by atoms with E-state index in [1.165, 1.54) is 12.1 Å². The molecule has 0 aliphatic heterocycles. The van der Waals surface area contributed by atoms with Gasteiger partial charge in [0.1, 0.15) is 5.82 Å². The van der Waals surface area contributed by atoms with Gasteiger partial charge in [-0.15, -0.1) is 0 Å². The number of hydrogen-bond donors (Lipinski definition) is 3. The highest BCUT2D eigenvalue weighted by Crippen LogP contribution is 2.30. The lowest BCUT2D eigenvalue weighted by Gasteiger charge is -2.28. The summed E-state index contributed by atoms with van der Waals surface area (Å²) in [5.41, 5.74) is 1.86. The number of hydrogen-bond acceptors (Lipinski definition) is 6. The summed E-state index contributed by atoms with van der Waals surface area (Å²) in [4.78, 5) is 9.73. The maximum absolute atomic E-state index is 12.6. The molecule has 0 saturated heterocycles. The van der Waals surface area contributed by atoms with E-state index >= 15 is 0 Å². The Hall–Kier alpha value is -3.20. The van der Waals surface area contributed by atoms with Gasteiger partial charge in [0.05, 0.1) is 10.4 Å². The van der Waals surface area contributed by atoms with E-state index in [0.717, 1.165) is 54.6 Å². The van der Waals surface area contributed by atoms with E-state index in [-0.39, 0.29) is 4.90 Å². The number of rotatable bonds is 9. The molecule has 37 heavy (non-hydrogen) atoms. The summed E-state index contributed by atoms with van der Waals surface area (Å²) < 4.78 is 27.9. The normalized spacial score (nSPS) is 18.0. The quantitative estimate of drug-likeness (QED) is 0.235. The zero-order chi connectivity index (χ0) is 25.7. The van der Waals surface area contributed by atoms with Crippen LogP contribution in [0.4, 0.5) is 17.5 Å². The molecule has 0 unspecified atom stereocenters. The fourth-order valence-corrected chi connectivity index (χ4v) is 5.95. The lowest BCUT2D eigenvalue weighted by Crippen LogP contribution is -2.32. The highest BCUT2D eigenvalue weighted by Gasteiger charge is 2.23. The number of para-hydroxylation sites is 2. The Kier molecular flexibility index (Phi) is 7.88. The van der Waals surface area contributed by atoms with E-state index < -0.39 is 10.0 Å². The lowest BCUT2D eigenvalue weighted by atomic mass is 9.82. The molecule has 3 N–H and O–H groups in total. The van der Waals surface area contributed by atoms with Crippen LogP contribution in [0, 0.1) is 11.8 Å². The first-order valence-electron chi connectivity index (χ1n) is 12.5. The summed E-state index contributed by atoms with van der Waals surface area (Å²) >= 11 is 5.87. The van der Waals surface area contributed by atoms with E-state index in [0.29, 0.717) is 29.4 Å². The van der Waals surface area contributed by atoms with Gasteiger partial charge in [0.15, 0.2) is 0 Å². The molecule has 0 spiro atoms. The van der Waals surface area contributed by atoms with Crippen molar-refractivity contribution in [2.24, 2.45) is 11.8 Å². The van der Waals surface area contributed by atoms with Crippen molar-refractivity contribution in [2.75, 3.05) is 23.7 Å². The van der Waals surface area contributed by atoms with Gasteiger partial charge in [0, 0.05) is 29.2 Å². The summed E-state index contributed by atoms with van der Waals surface area (Å²) in [6, 6.07) is 24.2. The van der Waals surface area contributed by atoms with E-state index in [1.54, 1.807) is 12.1 Å². The summed E-state index contributed by atoms with van der Waals surface area (Å²) in [7, 11) is -3.52. The van der Waals surface area contributed by atoms with Crippen LogP contribution in [-0.2, 0) is 10.0 Å². The highest BCUT2D eigenvalue weighted by atomic mass is 35.5. The van der Waals surface area contributed by atoms with Crippen molar-refractivity contribution in [1.82, 2.24) is 14.7 Å². The van der Waals surface area contributed by atoms with Gasteiger partial charge in [-0.1, -0.05) is 41.9 Å². The number of benzene rings is 3. The summed E-state index contributed by atoms with van der Waals surface area (Å²) in [5, 5.41) is 8.35. The van der Waals surface area contributed by atoms with Crippen LogP contribution in [0.15, 0.2) is 83.8 Å². The first-order valence-corrected chi connectivity index (χ1v) is 14.4. The van der Waals surface area contributed by atoms with E-state index in [9.17, 15) is 8.42 Å². The maximum Gasteiger partial charge on any atom is 0.240 e. The van der Waals surface area contributed by atoms with Crippen molar-refractivity contribution in [3.63, 3.8) is 0 Å². The molecule has 4 aromatic rings. The number of anilines is 3. The predicted octanol–water partition coefficient (Wildman–Crippen LogP) is 6.22. The zero-order valence-electron chi connectivity index (χ0n) is 20.4. The van der Waals surface area contributed by atoms with Crippen molar-refractivity contribution in [2.45, 2.75) is 30.6 Å². The molecule has 1 aliphatic rings. The molecule has 0 amide bonds. The average molecular weight is 536 g/mol. The lowest BCUT2D eigenvalue weighted by molar-refractivity contribution is 0.284. The molecule has 1 heterocycles. The van der Waals surface area contributed by atoms with Gasteiger partial charge < -0.3 is 10.6 Å².